The molecule has 3 rings (SSSR count). The number of carbonyl (C=O) groups excluding carboxylic acids is 1. The third-order valence-corrected chi connectivity index (χ3v) is 4.80. The number of rotatable bonds is 8. The summed E-state index contributed by atoms with van der Waals surface area (Å²) in [7, 11) is 0. The van der Waals surface area contributed by atoms with Crippen LogP contribution in [0.15, 0.2) is 78.5 Å². The highest BCUT2D eigenvalue weighted by Crippen LogP contribution is 2.29. The molecule has 0 fully saturated rings. The first-order valence-corrected chi connectivity index (χ1v) is 10.6. The second-order valence-electron chi connectivity index (χ2n) is 7.55. The highest BCUT2D eigenvalue weighted by molar-refractivity contribution is 6.42. The molecule has 1 aromatic heterocycles. The maximum atomic E-state index is 14.6. The lowest BCUT2D eigenvalue weighted by Crippen LogP contribution is -2.18. The zero-order valence-corrected chi connectivity index (χ0v) is 19.4. The molecule has 7 nitrogen and oxygen atoms in total. The summed E-state index contributed by atoms with van der Waals surface area (Å²) in [6.07, 6.45) is -0.164. The van der Waals surface area contributed by atoms with Gasteiger partial charge in [-0.1, -0.05) is 18.7 Å². The van der Waals surface area contributed by atoms with Gasteiger partial charge in [0.15, 0.2) is 5.71 Å². The Morgan fingerprint density at radius 1 is 1.25 bits per heavy atom. The van der Waals surface area contributed by atoms with Gasteiger partial charge in [0.05, 0.1) is 29.9 Å². The van der Waals surface area contributed by atoms with Crippen LogP contribution in [0.4, 0.5) is 23.2 Å². The Morgan fingerprint density at radius 3 is 2.50 bits per heavy atom. The van der Waals surface area contributed by atoms with E-state index >= 15 is 0 Å². The van der Waals surface area contributed by atoms with Crippen LogP contribution in [0.25, 0.3) is 11.4 Å². The molecule has 0 aliphatic carbocycles. The van der Waals surface area contributed by atoms with Gasteiger partial charge in [0, 0.05) is 17.6 Å². The summed E-state index contributed by atoms with van der Waals surface area (Å²) in [5.41, 5.74) is 6.46. The van der Waals surface area contributed by atoms with Crippen molar-refractivity contribution in [1.29, 1.82) is 0 Å². The maximum Gasteiger partial charge on any atom is 0.416 e. The molecular weight excluding hydrogens is 478 g/mol. The van der Waals surface area contributed by atoms with Crippen LogP contribution in [-0.2, 0) is 15.7 Å². The third kappa shape index (κ3) is 6.59. The van der Waals surface area contributed by atoms with Crippen molar-refractivity contribution in [2.75, 3.05) is 11.9 Å². The fourth-order valence-corrected chi connectivity index (χ4v) is 3.11. The molecule has 0 atom stereocenters. The molecule has 0 amide bonds. The third-order valence-electron chi connectivity index (χ3n) is 4.80. The van der Waals surface area contributed by atoms with Gasteiger partial charge in [-0.15, -0.1) is 0 Å². The molecule has 0 aliphatic rings. The number of halogens is 4. The van der Waals surface area contributed by atoms with E-state index in [9.17, 15) is 22.4 Å². The average Bonchev–Trinajstić information content (AvgIpc) is 3.24. The molecule has 0 saturated carbocycles. The number of nitrogens with one attached hydrogen (secondary N) is 1. The number of carbonyl (C=O) groups is 1. The van der Waals surface area contributed by atoms with Crippen molar-refractivity contribution >= 4 is 23.1 Å². The zero-order chi connectivity index (χ0) is 26.5. The number of aryl methyl sites for hydroxylation is 1. The first-order valence-electron chi connectivity index (χ1n) is 10.6. The molecule has 0 bridgehead atoms. The molecule has 36 heavy (non-hydrogen) atoms. The fourth-order valence-electron chi connectivity index (χ4n) is 3.11. The summed E-state index contributed by atoms with van der Waals surface area (Å²) in [6, 6.07) is 8.45. The van der Waals surface area contributed by atoms with Gasteiger partial charge < -0.3 is 20.4 Å². The van der Waals surface area contributed by atoms with E-state index in [1.165, 1.54) is 41.2 Å². The monoisotopic (exact) mass is 501 g/mol. The predicted molar refractivity (Wildman–Crippen MR) is 129 cm³/mol. The molecule has 0 radical (unpaired) electrons. The van der Waals surface area contributed by atoms with Crippen molar-refractivity contribution < 1.29 is 27.1 Å². The lowest BCUT2D eigenvalue weighted by Gasteiger charge is -2.11. The number of nitrogens with two attached hydrogens (primary N) is 1. The normalized spacial score (nSPS) is 12.4. The van der Waals surface area contributed by atoms with Gasteiger partial charge in [-0.3, -0.25) is 0 Å². The van der Waals surface area contributed by atoms with E-state index in [1.807, 2.05) is 0 Å². The van der Waals surface area contributed by atoms with Crippen molar-refractivity contribution in [3.8, 4) is 5.69 Å². The lowest BCUT2D eigenvalue weighted by atomic mass is 10.1. The van der Waals surface area contributed by atoms with Gasteiger partial charge in [0.25, 0.3) is 0 Å². The summed E-state index contributed by atoms with van der Waals surface area (Å²) in [4.78, 5) is 20.6. The number of aliphatic imine (C=N–C) groups is 1. The Bertz CT molecular complexity index is 1320. The second kappa shape index (κ2) is 10.9. The molecule has 0 aliphatic heterocycles. The Balaban J connectivity index is 1.83. The van der Waals surface area contributed by atoms with Crippen LogP contribution in [0.2, 0.25) is 0 Å². The quantitative estimate of drug-likeness (QED) is 0.251. The highest BCUT2D eigenvalue weighted by Gasteiger charge is 2.30. The van der Waals surface area contributed by atoms with E-state index in [0.717, 1.165) is 17.8 Å². The molecule has 0 saturated heterocycles. The Kier molecular flexibility index (Phi) is 7.93. The average molecular weight is 501 g/mol. The molecular formula is C25H23F4N5O2. The number of benzene rings is 2. The smallest absolute Gasteiger partial charge is 0.416 e. The van der Waals surface area contributed by atoms with E-state index in [-0.39, 0.29) is 35.1 Å². The molecule has 1 heterocycles. The molecule has 0 spiro atoms. The van der Waals surface area contributed by atoms with Gasteiger partial charge in [-0.05, 0) is 55.8 Å². The molecule has 11 heteroatoms. The first kappa shape index (κ1) is 26.2. The SMILES string of the molecule is C=C(/N=C(\C=C(/N)c1ccc(C(F)(F)F)cc1)C(=O)OCC)Nc1ccc(-n2cnc(C)c2)c(F)c1. The molecule has 3 N–H and O–H groups in total. The summed E-state index contributed by atoms with van der Waals surface area (Å²) in [6.45, 7) is 7.15. The fraction of sp³-hybridized carbons (Fsp3) is 0.160. The van der Waals surface area contributed by atoms with Gasteiger partial charge in [0.1, 0.15) is 11.6 Å². The van der Waals surface area contributed by atoms with Gasteiger partial charge in [0.2, 0.25) is 0 Å². The van der Waals surface area contributed by atoms with Crippen LogP contribution in [0.3, 0.4) is 0 Å². The molecule has 0 unspecified atom stereocenters. The largest absolute Gasteiger partial charge is 0.461 e. The molecule has 3 aromatic rings. The number of anilines is 1. The number of alkyl halides is 3. The van der Waals surface area contributed by atoms with Gasteiger partial charge >= 0.3 is 12.1 Å². The Labute approximate surface area is 204 Å². The Morgan fingerprint density at radius 2 is 1.94 bits per heavy atom. The van der Waals surface area contributed by atoms with Crippen LogP contribution >= 0.6 is 0 Å². The summed E-state index contributed by atoms with van der Waals surface area (Å²) >= 11 is 0. The standard InChI is InChI=1S/C25H23F4N5O2/c1-4-36-24(35)22(12-21(30)17-5-7-18(8-6-17)25(27,28)29)33-16(3)32-19-9-10-23(20(26)11-19)34-13-15(2)31-14-34/h5-14,32H,3-4,30H2,1-2H3/b21-12-,33-22+. The summed E-state index contributed by atoms with van der Waals surface area (Å²) in [5, 5.41) is 2.78. The van der Waals surface area contributed by atoms with Crippen LogP contribution in [0, 0.1) is 12.7 Å². The number of aromatic nitrogens is 2. The zero-order valence-electron chi connectivity index (χ0n) is 19.4. The second-order valence-corrected chi connectivity index (χ2v) is 7.55. The van der Waals surface area contributed by atoms with Crippen molar-refractivity contribution in [3.05, 3.63) is 96.1 Å². The van der Waals surface area contributed by atoms with Crippen molar-refractivity contribution in [3.63, 3.8) is 0 Å². The van der Waals surface area contributed by atoms with Crippen LogP contribution in [0.5, 0.6) is 0 Å². The van der Waals surface area contributed by atoms with Crippen LogP contribution < -0.4 is 11.1 Å². The van der Waals surface area contributed by atoms with Crippen molar-refractivity contribution in [2.45, 2.75) is 20.0 Å². The number of hydrogen-bond acceptors (Lipinski definition) is 6. The van der Waals surface area contributed by atoms with Crippen LogP contribution in [0.1, 0.15) is 23.7 Å². The van der Waals surface area contributed by atoms with Crippen molar-refractivity contribution in [2.24, 2.45) is 10.7 Å². The maximum absolute atomic E-state index is 14.6. The van der Waals surface area contributed by atoms with Crippen LogP contribution in [-0.4, -0.2) is 27.8 Å². The number of esters is 1. The molecule has 188 valence electrons. The van der Waals surface area contributed by atoms with Gasteiger partial charge in [-0.2, -0.15) is 13.2 Å². The summed E-state index contributed by atoms with van der Waals surface area (Å²) in [5.74, 6) is -1.39. The van der Waals surface area contributed by atoms with E-state index in [2.05, 4.69) is 21.9 Å². The summed E-state index contributed by atoms with van der Waals surface area (Å²) < 4.78 is 59.6. The lowest BCUT2D eigenvalue weighted by molar-refractivity contribution is -0.137. The number of nitrogens with zero attached hydrogens (tertiary/aromatic N) is 3. The first-order chi connectivity index (χ1) is 17.0. The van der Waals surface area contributed by atoms with E-state index < -0.39 is 23.5 Å². The van der Waals surface area contributed by atoms with Gasteiger partial charge in [-0.25, -0.2) is 19.2 Å². The highest BCUT2D eigenvalue weighted by atomic mass is 19.4. The predicted octanol–water partition coefficient (Wildman–Crippen LogP) is 5.23. The minimum Gasteiger partial charge on any atom is -0.461 e. The number of imidazole rings is 1. The molecule has 2 aromatic carbocycles. The van der Waals surface area contributed by atoms with E-state index in [4.69, 9.17) is 10.5 Å². The van der Waals surface area contributed by atoms with E-state index in [0.29, 0.717) is 5.69 Å². The Hall–Kier alpha value is -4.41. The van der Waals surface area contributed by atoms with Crippen molar-refractivity contribution in [1.82, 2.24) is 9.55 Å². The minimum atomic E-state index is -4.49. The topological polar surface area (TPSA) is 94.5 Å². The number of ether oxygens (including phenoxy) is 1. The minimum absolute atomic E-state index is 0.0191. The number of hydrogen-bond donors (Lipinski definition) is 2. The van der Waals surface area contributed by atoms with E-state index in [1.54, 1.807) is 26.1 Å².